The second kappa shape index (κ2) is 12.5. The molecule has 0 unspecified atom stereocenters. The molecule has 2 fully saturated rings. The number of hydrogen-bond donors (Lipinski definition) is 1. The Morgan fingerprint density at radius 2 is 1.85 bits per heavy atom. The van der Waals surface area contributed by atoms with Gasteiger partial charge in [-0.2, -0.15) is 0 Å². The maximum absolute atomic E-state index is 13.8. The second-order valence-corrected chi connectivity index (χ2v) is 11.9. The number of carbonyl (C=O) groups excluding carboxylic acids is 2. The Morgan fingerprint density at radius 1 is 1.13 bits per heavy atom. The Labute approximate surface area is 243 Å². The highest BCUT2D eigenvalue weighted by atomic mass is 35.5. The minimum atomic E-state index is -0.251. The number of fused-ring (bicyclic) bond motifs is 1. The van der Waals surface area contributed by atoms with E-state index in [-0.39, 0.29) is 59.9 Å². The van der Waals surface area contributed by atoms with Crippen LogP contribution in [0.15, 0.2) is 36.5 Å². The predicted molar refractivity (Wildman–Crippen MR) is 157 cm³/mol. The summed E-state index contributed by atoms with van der Waals surface area (Å²) in [6.45, 7) is 12.4. The largest absolute Gasteiger partial charge is 0.341 e. The Balaban J connectivity index is 0.00000210. The fourth-order valence-corrected chi connectivity index (χ4v) is 6.00. The first kappa shape index (κ1) is 31.3. The van der Waals surface area contributed by atoms with E-state index in [4.69, 9.17) is 4.98 Å². The van der Waals surface area contributed by atoms with Gasteiger partial charge in [0.25, 0.3) is 0 Å². The summed E-state index contributed by atoms with van der Waals surface area (Å²) < 4.78 is 13.3. The molecule has 2 saturated heterocycles. The van der Waals surface area contributed by atoms with E-state index in [0.29, 0.717) is 38.4 Å². The van der Waals surface area contributed by atoms with Gasteiger partial charge in [-0.15, -0.1) is 24.8 Å². The van der Waals surface area contributed by atoms with Crippen LogP contribution in [-0.2, 0) is 21.4 Å². The number of piperazine rings is 1. The molecular formula is C29H40Cl2FN5O2. The number of amides is 2. The summed E-state index contributed by atoms with van der Waals surface area (Å²) in [4.78, 5) is 37.1. The Bertz CT molecular complexity index is 1180. The maximum Gasteiger partial charge on any atom is 0.241 e. The molecule has 2 amide bonds. The van der Waals surface area contributed by atoms with E-state index in [2.05, 4.69) is 44.0 Å². The average Bonchev–Trinajstić information content (AvgIpc) is 3.30. The number of hydrogen-bond acceptors (Lipinski definition) is 5. The first-order valence-electron chi connectivity index (χ1n) is 13.4. The molecule has 39 heavy (non-hydrogen) atoms. The van der Waals surface area contributed by atoms with Crippen LogP contribution in [0.4, 0.5) is 10.1 Å². The standard InChI is InChI=1S/C29H38FN5O2.2ClH/c1-19-9-26(36)34(14-19)16-24-13-31-20(2)15-33(24)17-27(37)35-18-29(3,4)28-25(35)11-22(12-32-28)10-21-5-7-23(30)8-6-21;;/h5-8,11-12,19-20,24,31H,9-10,13-18H2,1-4H3;2*1H/t19-,20-,24-;;/m1../s1. The summed E-state index contributed by atoms with van der Waals surface area (Å²) in [6.07, 6.45) is 3.12. The van der Waals surface area contributed by atoms with Crippen LogP contribution in [0.5, 0.6) is 0 Å². The molecule has 10 heteroatoms. The van der Waals surface area contributed by atoms with Crippen molar-refractivity contribution in [3.63, 3.8) is 0 Å². The van der Waals surface area contributed by atoms with Crippen LogP contribution < -0.4 is 10.2 Å². The van der Waals surface area contributed by atoms with Crippen molar-refractivity contribution in [2.75, 3.05) is 44.2 Å². The van der Waals surface area contributed by atoms with Crippen molar-refractivity contribution < 1.29 is 14.0 Å². The molecular weight excluding hydrogens is 540 g/mol. The molecule has 3 atom stereocenters. The summed E-state index contributed by atoms with van der Waals surface area (Å²) in [5.41, 5.74) is 3.56. The zero-order valence-corrected chi connectivity index (χ0v) is 24.8. The number of halogens is 3. The lowest BCUT2D eigenvalue weighted by Gasteiger charge is -2.41. The lowest BCUT2D eigenvalue weighted by molar-refractivity contribution is -0.128. The average molecular weight is 581 g/mol. The third-order valence-electron chi connectivity index (χ3n) is 7.94. The Kier molecular flexibility index (Phi) is 10.0. The Morgan fingerprint density at radius 3 is 2.51 bits per heavy atom. The van der Waals surface area contributed by atoms with Crippen molar-refractivity contribution in [1.82, 2.24) is 20.1 Å². The molecule has 1 aromatic carbocycles. The minimum Gasteiger partial charge on any atom is -0.341 e. The van der Waals surface area contributed by atoms with Crippen molar-refractivity contribution in [3.8, 4) is 0 Å². The van der Waals surface area contributed by atoms with Gasteiger partial charge in [-0.3, -0.25) is 19.5 Å². The fourth-order valence-electron chi connectivity index (χ4n) is 6.00. The number of aromatic nitrogens is 1. The van der Waals surface area contributed by atoms with Crippen LogP contribution in [0.1, 0.15) is 50.9 Å². The number of likely N-dealkylation sites (tertiary alicyclic amines) is 1. The van der Waals surface area contributed by atoms with Gasteiger partial charge in [-0.05, 0) is 48.6 Å². The summed E-state index contributed by atoms with van der Waals surface area (Å²) in [6, 6.07) is 8.96. The summed E-state index contributed by atoms with van der Waals surface area (Å²) in [5, 5.41) is 3.53. The van der Waals surface area contributed by atoms with Gasteiger partial charge in [0.05, 0.1) is 17.9 Å². The van der Waals surface area contributed by atoms with Gasteiger partial charge in [-0.25, -0.2) is 4.39 Å². The van der Waals surface area contributed by atoms with E-state index < -0.39 is 0 Å². The lowest BCUT2D eigenvalue weighted by atomic mass is 9.91. The van der Waals surface area contributed by atoms with Crippen molar-refractivity contribution in [3.05, 3.63) is 59.2 Å². The lowest BCUT2D eigenvalue weighted by Crippen LogP contribution is -2.61. The number of benzene rings is 1. The normalized spacial score (nSPS) is 24.2. The number of pyridine rings is 1. The van der Waals surface area contributed by atoms with Crippen molar-refractivity contribution in [2.45, 2.75) is 58.0 Å². The van der Waals surface area contributed by atoms with Crippen LogP contribution in [0.25, 0.3) is 0 Å². The van der Waals surface area contributed by atoms with E-state index in [1.54, 1.807) is 12.1 Å². The van der Waals surface area contributed by atoms with Gasteiger partial charge in [0.15, 0.2) is 0 Å². The van der Waals surface area contributed by atoms with Crippen molar-refractivity contribution in [2.24, 2.45) is 5.92 Å². The second-order valence-electron chi connectivity index (χ2n) is 11.9. The smallest absolute Gasteiger partial charge is 0.241 e. The van der Waals surface area contributed by atoms with Gasteiger partial charge < -0.3 is 15.1 Å². The topological polar surface area (TPSA) is 68.8 Å². The van der Waals surface area contributed by atoms with Crippen molar-refractivity contribution >= 4 is 42.3 Å². The van der Waals surface area contributed by atoms with Crippen LogP contribution in [-0.4, -0.2) is 78.0 Å². The number of nitrogens with one attached hydrogen (secondary N) is 1. The zero-order chi connectivity index (χ0) is 26.3. The third kappa shape index (κ3) is 6.91. The zero-order valence-electron chi connectivity index (χ0n) is 23.2. The molecule has 0 radical (unpaired) electrons. The fraction of sp³-hybridized carbons (Fsp3) is 0.552. The van der Waals surface area contributed by atoms with Crippen LogP contribution in [0.2, 0.25) is 0 Å². The molecule has 4 heterocycles. The molecule has 1 aromatic heterocycles. The molecule has 3 aliphatic heterocycles. The van der Waals surface area contributed by atoms with E-state index in [1.165, 1.54) is 12.1 Å². The van der Waals surface area contributed by atoms with Gasteiger partial charge in [-0.1, -0.05) is 32.9 Å². The minimum absolute atomic E-state index is 0. The highest BCUT2D eigenvalue weighted by molar-refractivity contribution is 5.97. The van der Waals surface area contributed by atoms with Gasteiger partial charge >= 0.3 is 0 Å². The number of rotatable bonds is 6. The van der Waals surface area contributed by atoms with E-state index in [9.17, 15) is 14.0 Å². The molecule has 5 rings (SSSR count). The van der Waals surface area contributed by atoms with E-state index in [0.717, 1.165) is 42.1 Å². The molecule has 214 valence electrons. The maximum atomic E-state index is 13.8. The number of anilines is 1. The molecule has 2 aromatic rings. The molecule has 0 aliphatic carbocycles. The molecule has 0 bridgehead atoms. The van der Waals surface area contributed by atoms with Gasteiger partial charge in [0.2, 0.25) is 11.8 Å². The molecule has 0 saturated carbocycles. The van der Waals surface area contributed by atoms with Crippen LogP contribution in [0, 0.1) is 11.7 Å². The number of nitrogens with zero attached hydrogens (tertiary/aromatic N) is 4. The first-order valence-corrected chi connectivity index (χ1v) is 13.4. The van der Waals surface area contributed by atoms with Gasteiger partial charge in [0.1, 0.15) is 5.82 Å². The number of carbonyl (C=O) groups is 2. The summed E-state index contributed by atoms with van der Waals surface area (Å²) >= 11 is 0. The Hall–Kier alpha value is -2.26. The van der Waals surface area contributed by atoms with Crippen LogP contribution >= 0.6 is 24.8 Å². The molecule has 3 aliphatic rings. The van der Waals surface area contributed by atoms with Crippen molar-refractivity contribution in [1.29, 1.82) is 0 Å². The summed E-state index contributed by atoms with van der Waals surface area (Å²) in [5.74, 6) is 0.414. The quantitative estimate of drug-likeness (QED) is 0.563. The third-order valence-corrected chi connectivity index (χ3v) is 7.94. The molecule has 0 spiro atoms. The highest BCUT2D eigenvalue weighted by Crippen LogP contribution is 2.39. The molecule has 7 nitrogen and oxygen atoms in total. The first-order chi connectivity index (χ1) is 17.6. The molecule has 1 N–H and O–H groups in total. The van der Waals surface area contributed by atoms with E-state index in [1.807, 2.05) is 16.0 Å². The summed E-state index contributed by atoms with van der Waals surface area (Å²) in [7, 11) is 0. The monoisotopic (exact) mass is 579 g/mol. The van der Waals surface area contributed by atoms with E-state index >= 15 is 0 Å². The van der Waals surface area contributed by atoms with Crippen LogP contribution in [0.3, 0.4) is 0 Å². The van der Waals surface area contributed by atoms with Gasteiger partial charge in [0, 0.05) is 62.8 Å². The predicted octanol–water partition coefficient (Wildman–Crippen LogP) is 3.81. The SMILES string of the molecule is C[C@@H]1CC(=O)N(C[C@H]2CN[C@H](C)CN2CC(=O)N2CC(C)(C)c3ncc(Cc4ccc(F)cc4)cc32)C1.Cl.Cl. The highest BCUT2D eigenvalue weighted by Gasteiger charge is 2.41.